The van der Waals surface area contributed by atoms with Gasteiger partial charge in [-0.25, -0.2) is 4.79 Å². The summed E-state index contributed by atoms with van der Waals surface area (Å²) < 4.78 is 6.51. The van der Waals surface area contributed by atoms with Crippen LogP contribution in [0.5, 0.6) is 0 Å². The summed E-state index contributed by atoms with van der Waals surface area (Å²) in [5, 5.41) is 11.5. The first-order valence-corrected chi connectivity index (χ1v) is 10.5. The molecule has 0 aliphatic carbocycles. The lowest BCUT2D eigenvalue weighted by Gasteiger charge is -2.23. The minimum absolute atomic E-state index is 0.137. The molecule has 10 heteroatoms. The Bertz CT molecular complexity index is 1350. The molecule has 4 aromatic rings. The molecule has 0 N–H and O–H groups in total. The molecule has 2 aromatic carbocycles. The quantitative estimate of drug-likeness (QED) is 0.278. The summed E-state index contributed by atoms with van der Waals surface area (Å²) >= 11 is 5.99. The number of rotatable bonds is 8. The van der Waals surface area contributed by atoms with Crippen molar-refractivity contribution in [3.63, 3.8) is 0 Å². The molecular weight excluding hydrogens is 448 g/mol. The zero-order valence-corrected chi connectivity index (χ0v) is 18.1. The number of nitro groups is 1. The second kappa shape index (κ2) is 9.66. The van der Waals surface area contributed by atoms with Gasteiger partial charge in [0, 0.05) is 35.9 Å². The maximum absolute atomic E-state index is 13.1. The second-order valence-corrected chi connectivity index (χ2v) is 7.75. The summed E-state index contributed by atoms with van der Waals surface area (Å²) in [4.78, 5) is 41.7. The van der Waals surface area contributed by atoms with Crippen molar-refractivity contribution in [2.24, 2.45) is 0 Å². The topological polar surface area (TPSA) is 111 Å². The highest BCUT2D eigenvalue weighted by Gasteiger charge is 2.18. The Morgan fingerprint density at radius 1 is 1.15 bits per heavy atom. The zero-order valence-electron chi connectivity index (χ0n) is 17.4. The number of non-ortho nitro benzene ring substituents is 1. The fourth-order valence-corrected chi connectivity index (χ4v) is 3.63. The first kappa shape index (κ1) is 22.2. The predicted octanol–water partition coefficient (Wildman–Crippen LogP) is 4.56. The molecule has 0 atom stereocenters. The Hall–Kier alpha value is -3.98. The average Bonchev–Trinajstić information content (AvgIpc) is 3.13. The molecule has 0 fully saturated rings. The lowest BCUT2D eigenvalue weighted by molar-refractivity contribution is -0.384. The second-order valence-electron chi connectivity index (χ2n) is 7.31. The van der Waals surface area contributed by atoms with Crippen LogP contribution in [0.15, 0.2) is 76.1 Å². The molecule has 2 aromatic heterocycles. The molecule has 0 saturated carbocycles. The molecule has 0 bridgehead atoms. The van der Waals surface area contributed by atoms with E-state index in [1.165, 1.54) is 22.8 Å². The normalized spacial score (nSPS) is 10.9. The Morgan fingerprint density at radius 2 is 1.94 bits per heavy atom. The standard InChI is InChI=1S/C23H19ClN4O5/c24-16-6-8-18(9-7-16)27(15-17-4-1-2-12-25-17)22(29)5-3-13-26-20-11-10-19(28(31)32)14-21(20)33-23(26)30/h1-2,4,6-12,14H,3,5,13,15H2. The molecule has 0 spiro atoms. The van der Waals surface area contributed by atoms with Crippen LogP contribution in [-0.2, 0) is 17.9 Å². The lowest BCUT2D eigenvalue weighted by atomic mass is 10.2. The van der Waals surface area contributed by atoms with Gasteiger partial charge >= 0.3 is 5.76 Å². The van der Waals surface area contributed by atoms with Crippen molar-refractivity contribution in [1.29, 1.82) is 0 Å². The van der Waals surface area contributed by atoms with Crippen molar-refractivity contribution < 1.29 is 14.1 Å². The number of hydrogen-bond donors (Lipinski definition) is 0. The number of carbonyl (C=O) groups excluding carboxylic acids is 1. The molecule has 1 amide bonds. The number of aromatic nitrogens is 2. The summed E-state index contributed by atoms with van der Waals surface area (Å²) in [5.74, 6) is -0.763. The van der Waals surface area contributed by atoms with Crippen molar-refractivity contribution in [3.05, 3.63) is 98.2 Å². The van der Waals surface area contributed by atoms with Gasteiger partial charge in [0.05, 0.1) is 28.7 Å². The van der Waals surface area contributed by atoms with Crippen LogP contribution in [0.25, 0.3) is 11.1 Å². The lowest BCUT2D eigenvalue weighted by Crippen LogP contribution is -2.31. The highest BCUT2D eigenvalue weighted by molar-refractivity contribution is 6.30. The third-order valence-electron chi connectivity index (χ3n) is 5.12. The Kier molecular flexibility index (Phi) is 6.50. The number of nitro benzene ring substituents is 1. The van der Waals surface area contributed by atoms with Crippen LogP contribution in [0.1, 0.15) is 18.5 Å². The Morgan fingerprint density at radius 3 is 2.64 bits per heavy atom. The van der Waals surface area contributed by atoms with E-state index in [1.807, 2.05) is 12.1 Å². The molecule has 4 rings (SSSR count). The van der Waals surface area contributed by atoms with Crippen LogP contribution < -0.4 is 10.7 Å². The largest absolute Gasteiger partial charge is 0.419 e. The van der Waals surface area contributed by atoms with Crippen LogP contribution in [0.4, 0.5) is 11.4 Å². The molecule has 0 aliphatic heterocycles. The van der Waals surface area contributed by atoms with Crippen molar-refractivity contribution in [3.8, 4) is 0 Å². The first-order chi connectivity index (χ1) is 15.9. The van der Waals surface area contributed by atoms with Crippen LogP contribution in [-0.4, -0.2) is 20.4 Å². The number of pyridine rings is 1. The third-order valence-corrected chi connectivity index (χ3v) is 5.37. The molecule has 2 heterocycles. The number of nitrogens with zero attached hydrogens (tertiary/aromatic N) is 4. The summed E-state index contributed by atoms with van der Waals surface area (Å²) in [6.07, 6.45) is 2.21. The van der Waals surface area contributed by atoms with Gasteiger partial charge in [0.2, 0.25) is 5.91 Å². The predicted molar refractivity (Wildman–Crippen MR) is 123 cm³/mol. The number of hydrogen-bond acceptors (Lipinski definition) is 6. The van der Waals surface area contributed by atoms with Crippen molar-refractivity contribution in [1.82, 2.24) is 9.55 Å². The molecule has 0 saturated heterocycles. The molecule has 0 radical (unpaired) electrons. The monoisotopic (exact) mass is 466 g/mol. The Labute approximate surface area is 193 Å². The van der Waals surface area contributed by atoms with E-state index >= 15 is 0 Å². The van der Waals surface area contributed by atoms with E-state index in [-0.39, 0.29) is 30.1 Å². The number of halogens is 1. The Balaban J connectivity index is 1.49. The molecule has 9 nitrogen and oxygen atoms in total. The SMILES string of the molecule is O=C(CCCn1c(=O)oc2cc([N+](=O)[O-])ccc21)N(Cc1ccccn1)c1ccc(Cl)cc1. The highest BCUT2D eigenvalue weighted by atomic mass is 35.5. The van der Waals surface area contributed by atoms with Gasteiger partial charge < -0.3 is 9.32 Å². The van der Waals surface area contributed by atoms with Gasteiger partial charge in [0.15, 0.2) is 5.58 Å². The van der Waals surface area contributed by atoms with Crippen LogP contribution in [0.2, 0.25) is 5.02 Å². The fraction of sp³-hybridized carbons (Fsp3) is 0.174. The molecule has 0 unspecified atom stereocenters. The minimum atomic E-state index is -0.624. The summed E-state index contributed by atoms with van der Waals surface area (Å²) in [5.41, 5.74) is 1.85. The summed E-state index contributed by atoms with van der Waals surface area (Å²) in [7, 11) is 0. The van der Waals surface area contributed by atoms with Gasteiger partial charge in [-0.1, -0.05) is 17.7 Å². The summed E-state index contributed by atoms with van der Waals surface area (Å²) in [6, 6.07) is 16.5. The van der Waals surface area contributed by atoms with E-state index < -0.39 is 10.7 Å². The van der Waals surface area contributed by atoms with E-state index in [0.717, 1.165) is 5.69 Å². The van der Waals surface area contributed by atoms with Crippen LogP contribution in [0.3, 0.4) is 0 Å². The molecule has 0 aliphatic rings. The zero-order chi connectivity index (χ0) is 23.4. The number of amides is 1. The number of anilines is 1. The van der Waals surface area contributed by atoms with E-state index in [9.17, 15) is 19.7 Å². The number of fused-ring (bicyclic) bond motifs is 1. The third kappa shape index (κ3) is 5.09. The van der Waals surface area contributed by atoms with Crippen LogP contribution in [0, 0.1) is 10.1 Å². The molecular formula is C23H19ClN4O5. The minimum Gasteiger partial charge on any atom is -0.407 e. The highest BCUT2D eigenvalue weighted by Crippen LogP contribution is 2.23. The first-order valence-electron chi connectivity index (χ1n) is 10.2. The van der Waals surface area contributed by atoms with Crippen molar-refractivity contribution >= 4 is 40.0 Å². The summed E-state index contributed by atoms with van der Waals surface area (Å²) in [6.45, 7) is 0.521. The number of oxazole rings is 1. The van der Waals surface area contributed by atoms with Gasteiger partial charge in [0.25, 0.3) is 5.69 Å². The smallest absolute Gasteiger partial charge is 0.407 e. The number of aryl methyl sites for hydroxylation is 1. The fourth-order valence-electron chi connectivity index (χ4n) is 3.50. The van der Waals surface area contributed by atoms with Gasteiger partial charge in [-0.05, 0) is 48.9 Å². The van der Waals surface area contributed by atoms with E-state index in [0.29, 0.717) is 29.2 Å². The van der Waals surface area contributed by atoms with Gasteiger partial charge in [-0.3, -0.25) is 24.5 Å². The maximum Gasteiger partial charge on any atom is 0.419 e. The molecule has 168 valence electrons. The number of carbonyl (C=O) groups is 1. The van der Waals surface area contributed by atoms with Gasteiger partial charge in [-0.15, -0.1) is 0 Å². The van der Waals surface area contributed by atoms with Crippen LogP contribution >= 0.6 is 11.6 Å². The maximum atomic E-state index is 13.1. The van der Waals surface area contributed by atoms with Gasteiger partial charge in [-0.2, -0.15) is 0 Å². The van der Waals surface area contributed by atoms with E-state index in [2.05, 4.69) is 4.98 Å². The van der Waals surface area contributed by atoms with E-state index in [1.54, 1.807) is 41.4 Å². The molecule has 33 heavy (non-hydrogen) atoms. The van der Waals surface area contributed by atoms with Crippen molar-refractivity contribution in [2.75, 3.05) is 4.90 Å². The number of benzene rings is 2. The van der Waals surface area contributed by atoms with Crippen molar-refractivity contribution in [2.45, 2.75) is 25.9 Å². The van der Waals surface area contributed by atoms with Gasteiger partial charge in [0.1, 0.15) is 0 Å². The van der Waals surface area contributed by atoms with E-state index in [4.69, 9.17) is 16.0 Å². The average molecular weight is 467 g/mol.